The van der Waals surface area contributed by atoms with Gasteiger partial charge in [-0.15, -0.1) is 0 Å². The van der Waals surface area contributed by atoms with Gasteiger partial charge in [0.1, 0.15) is 12.9 Å². The molecule has 112 valence electrons. The molecule has 0 aliphatic rings. The molecule has 0 saturated heterocycles. The molecule has 0 N–H and O–H groups in total. The summed E-state index contributed by atoms with van der Waals surface area (Å²) >= 11 is 3.53. The molecule has 6 heteroatoms. The highest BCUT2D eigenvalue weighted by Gasteiger charge is 2.14. The lowest BCUT2D eigenvalue weighted by Gasteiger charge is -2.12. The number of hydrogen-bond donors (Lipinski definition) is 0. The summed E-state index contributed by atoms with van der Waals surface area (Å²) in [6, 6.07) is 5.07. The molecule has 0 radical (unpaired) electrons. The van der Waals surface area contributed by atoms with Gasteiger partial charge in [-0.3, -0.25) is 9.48 Å². The van der Waals surface area contributed by atoms with Crippen LogP contribution in [0.4, 0.5) is 0 Å². The second kappa shape index (κ2) is 6.76. The predicted molar refractivity (Wildman–Crippen MR) is 83.1 cm³/mol. The molecule has 0 amide bonds. The lowest BCUT2D eigenvalue weighted by atomic mass is 10.2. The molecule has 5 nitrogen and oxygen atoms in total. The minimum Gasteiger partial charge on any atom is -0.493 e. The van der Waals surface area contributed by atoms with Crippen LogP contribution in [0.3, 0.4) is 0 Å². The van der Waals surface area contributed by atoms with Crippen molar-refractivity contribution in [1.29, 1.82) is 0 Å². The quantitative estimate of drug-likeness (QED) is 0.748. The summed E-state index contributed by atoms with van der Waals surface area (Å²) in [5.41, 5.74) is 2.42. The fourth-order valence-electron chi connectivity index (χ4n) is 2.03. The van der Waals surface area contributed by atoms with Gasteiger partial charge in [-0.05, 0) is 48.0 Å². The van der Waals surface area contributed by atoms with E-state index in [1.165, 1.54) is 0 Å². The van der Waals surface area contributed by atoms with Gasteiger partial charge in [-0.25, -0.2) is 0 Å². The van der Waals surface area contributed by atoms with Crippen molar-refractivity contribution in [3.05, 3.63) is 39.6 Å². The zero-order valence-electron chi connectivity index (χ0n) is 12.2. The molecule has 1 aromatic heterocycles. The summed E-state index contributed by atoms with van der Waals surface area (Å²) in [4.78, 5) is 10.9. The van der Waals surface area contributed by atoms with E-state index in [0.29, 0.717) is 23.7 Å². The number of aromatic nitrogens is 2. The van der Waals surface area contributed by atoms with Crippen LogP contribution >= 0.6 is 15.9 Å². The topological polar surface area (TPSA) is 53.4 Å². The van der Waals surface area contributed by atoms with E-state index in [9.17, 15) is 4.79 Å². The molecular formula is C15H17BrN2O3. The first-order chi connectivity index (χ1) is 10.1. The van der Waals surface area contributed by atoms with E-state index in [1.54, 1.807) is 25.3 Å². The van der Waals surface area contributed by atoms with Crippen LogP contribution in [0.2, 0.25) is 0 Å². The standard InChI is InChI=1S/C15H17BrN2O3/c1-4-18-12(15(16)10(2)17-18)9-21-14-7-11(8-19)5-6-13(14)20-3/h5-8H,4,9H2,1-3H3. The molecule has 21 heavy (non-hydrogen) atoms. The van der Waals surface area contributed by atoms with Crippen molar-refractivity contribution in [2.75, 3.05) is 7.11 Å². The second-order valence-electron chi connectivity index (χ2n) is 4.48. The van der Waals surface area contributed by atoms with Crippen LogP contribution in [0.25, 0.3) is 0 Å². The number of carbonyl (C=O) groups excluding carboxylic acids is 1. The van der Waals surface area contributed by atoms with E-state index in [2.05, 4.69) is 21.0 Å². The highest BCUT2D eigenvalue weighted by Crippen LogP contribution is 2.29. The molecule has 0 aliphatic heterocycles. The maximum absolute atomic E-state index is 10.9. The summed E-state index contributed by atoms with van der Waals surface area (Å²) < 4.78 is 13.9. The van der Waals surface area contributed by atoms with Crippen LogP contribution in [0, 0.1) is 6.92 Å². The van der Waals surface area contributed by atoms with E-state index in [0.717, 1.165) is 28.7 Å². The van der Waals surface area contributed by atoms with Crippen molar-refractivity contribution in [1.82, 2.24) is 9.78 Å². The molecule has 0 spiro atoms. The van der Waals surface area contributed by atoms with Gasteiger partial charge in [0.05, 0.1) is 23.0 Å². The van der Waals surface area contributed by atoms with Gasteiger partial charge in [-0.2, -0.15) is 5.10 Å². The lowest BCUT2D eigenvalue weighted by molar-refractivity contribution is 0.112. The molecule has 0 fully saturated rings. The fourth-order valence-corrected chi connectivity index (χ4v) is 2.43. The highest BCUT2D eigenvalue weighted by molar-refractivity contribution is 9.10. The van der Waals surface area contributed by atoms with Crippen molar-refractivity contribution in [2.45, 2.75) is 27.0 Å². The first kappa shape index (κ1) is 15.6. The molecule has 2 rings (SSSR count). The number of rotatable bonds is 6. The Balaban J connectivity index is 2.25. The number of aldehydes is 1. The molecule has 1 heterocycles. The van der Waals surface area contributed by atoms with Gasteiger partial charge < -0.3 is 9.47 Å². The van der Waals surface area contributed by atoms with Crippen LogP contribution in [-0.4, -0.2) is 23.2 Å². The summed E-state index contributed by atoms with van der Waals surface area (Å²) in [7, 11) is 1.57. The van der Waals surface area contributed by atoms with Crippen molar-refractivity contribution in [2.24, 2.45) is 0 Å². The monoisotopic (exact) mass is 352 g/mol. The van der Waals surface area contributed by atoms with Crippen LogP contribution in [0.15, 0.2) is 22.7 Å². The molecule has 0 unspecified atom stereocenters. The Morgan fingerprint density at radius 3 is 2.76 bits per heavy atom. The van der Waals surface area contributed by atoms with Crippen LogP contribution in [-0.2, 0) is 13.2 Å². The molecule has 0 atom stereocenters. The Labute approximate surface area is 132 Å². The summed E-state index contributed by atoms with van der Waals surface area (Å²) in [6.07, 6.45) is 0.780. The molecule has 0 aliphatic carbocycles. The maximum atomic E-state index is 10.9. The normalized spacial score (nSPS) is 10.5. The largest absolute Gasteiger partial charge is 0.493 e. The number of benzene rings is 1. The zero-order valence-corrected chi connectivity index (χ0v) is 13.8. The minimum absolute atomic E-state index is 0.341. The SMILES string of the molecule is CCn1nc(C)c(Br)c1COc1cc(C=O)ccc1OC. The number of ether oxygens (including phenoxy) is 2. The zero-order chi connectivity index (χ0) is 15.4. The fraction of sp³-hybridized carbons (Fsp3) is 0.333. The van der Waals surface area contributed by atoms with Gasteiger partial charge in [0.15, 0.2) is 11.5 Å². The first-order valence-electron chi connectivity index (χ1n) is 6.58. The van der Waals surface area contributed by atoms with E-state index >= 15 is 0 Å². The van der Waals surface area contributed by atoms with Crippen LogP contribution in [0.1, 0.15) is 28.7 Å². The summed E-state index contributed by atoms with van der Waals surface area (Å²) in [5.74, 6) is 1.13. The summed E-state index contributed by atoms with van der Waals surface area (Å²) in [5, 5.41) is 4.42. The van der Waals surface area contributed by atoms with E-state index in [-0.39, 0.29) is 0 Å². The van der Waals surface area contributed by atoms with Gasteiger partial charge in [0.2, 0.25) is 0 Å². The maximum Gasteiger partial charge on any atom is 0.162 e. The van der Waals surface area contributed by atoms with E-state index in [1.807, 2.05) is 18.5 Å². The second-order valence-corrected chi connectivity index (χ2v) is 5.27. The Bertz CT molecular complexity index is 653. The average molecular weight is 353 g/mol. The average Bonchev–Trinajstić information content (AvgIpc) is 2.79. The molecule has 2 aromatic rings. The van der Waals surface area contributed by atoms with Crippen molar-refractivity contribution >= 4 is 22.2 Å². The number of nitrogens with zero attached hydrogens (tertiary/aromatic N) is 2. The first-order valence-corrected chi connectivity index (χ1v) is 7.37. The van der Waals surface area contributed by atoms with E-state index < -0.39 is 0 Å². The third kappa shape index (κ3) is 3.26. The number of hydrogen-bond acceptors (Lipinski definition) is 4. The molecule has 0 bridgehead atoms. The van der Waals surface area contributed by atoms with E-state index in [4.69, 9.17) is 9.47 Å². The molecular weight excluding hydrogens is 336 g/mol. The number of aryl methyl sites for hydroxylation is 2. The Hall–Kier alpha value is -1.82. The molecule has 0 saturated carbocycles. The smallest absolute Gasteiger partial charge is 0.162 e. The third-order valence-electron chi connectivity index (χ3n) is 3.14. The summed E-state index contributed by atoms with van der Waals surface area (Å²) in [6.45, 7) is 5.06. The van der Waals surface area contributed by atoms with Crippen LogP contribution in [0.5, 0.6) is 11.5 Å². The third-order valence-corrected chi connectivity index (χ3v) is 4.17. The number of halogens is 1. The van der Waals surface area contributed by atoms with Gasteiger partial charge in [0, 0.05) is 12.1 Å². The predicted octanol–water partition coefficient (Wildman–Crippen LogP) is 3.37. The van der Waals surface area contributed by atoms with Crippen molar-refractivity contribution in [3.63, 3.8) is 0 Å². The lowest BCUT2D eigenvalue weighted by Crippen LogP contribution is -2.07. The Morgan fingerprint density at radius 2 is 2.14 bits per heavy atom. The van der Waals surface area contributed by atoms with Crippen molar-refractivity contribution < 1.29 is 14.3 Å². The Morgan fingerprint density at radius 1 is 1.38 bits per heavy atom. The van der Waals surface area contributed by atoms with Gasteiger partial charge >= 0.3 is 0 Å². The van der Waals surface area contributed by atoms with Crippen molar-refractivity contribution in [3.8, 4) is 11.5 Å². The highest BCUT2D eigenvalue weighted by atomic mass is 79.9. The minimum atomic E-state index is 0.341. The number of carbonyl (C=O) groups is 1. The van der Waals surface area contributed by atoms with Gasteiger partial charge in [-0.1, -0.05) is 0 Å². The van der Waals surface area contributed by atoms with Gasteiger partial charge in [0.25, 0.3) is 0 Å². The number of methoxy groups -OCH3 is 1. The Kier molecular flexibility index (Phi) is 5.01. The molecule has 1 aromatic carbocycles. The van der Waals surface area contributed by atoms with Crippen LogP contribution < -0.4 is 9.47 Å².